The van der Waals surface area contributed by atoms with Crippen LogP contribution in [0.1, 0.15) is 43.2 Å². The van der Waals surface area contributed by atoms with E-state index in [0.717, 1.165) is 31.2 Å². The Bertz CT molecular complexity index is 764. The van der Waals surface area contributed by atoms with Gasteiger partial charge in [-0.05, 0) is 30.4 Å². The fraction of sp³-hybridized carbons (Fsp3) is 0.417. The quantitative estimate of drug-likeness (QED) is 0.441. The summed E-state index contributed by atoms with van der Waals surface area (Å²) in [4.78, 5) is 25.5. The van der Waals surface area contributed by atoms with Gasteiger partial charge in [-0.25, -0.2) is 0 Å². The smallest absolute Gasteiger partial charge is 0.239 e. The molecule has 2 amide bonds. The third-order valence-corrected chi connectivity index (χ3v) is 5.17. The zero-order valence-electron chi connectivity index (χ0n) is 16.9. The lowest BCUT2D eigenvalue weighted by molar-refractivity contribution is -0.178. The van der Waals surface area contributed by atoms with Crippen molar-refractivity contribution >= 4 is 11.8 Å². The van der Waals surface area contributed by atoms with Gasteiger partial charge in [0.25, 0.3) is 0 Å². The van der Waals surface area contributed by atoms with Crippen molar-refractivity contribution in [3.8, 4) is 0 Å². The van der Waals surface area contributed by atoms with Gasteiger partial charge in [0, 0.05) is 6.54 Å². The average molecular weight is 395 g/mol. The topological polar surface area (TPSA) is 58.6 Å². The van der Waals surface area contributed by atoms with E-state index in [2.05, 4.69) is 29.6 Å². The molecular weight excluding hydrogens is 364 g/mol. The first kappa shape index (κ1) is 21.1. The van der Waals surface area contributed by atoms with E-state index in [1.807, 2.05) is 36.4 Å². The van der Waals surface area contributed by atoms with Crippen molar-refractivity contribution in [1.82, 2.24) is 10.2 Å². The Morgan fingerprint density at radius 3 is 2.28 bits per heavy atom. The molecular formula is C24H30N2O3. The number of rotatable bonds is 12. The molecule has 2 aromatic rings. The molecule has 1 N–H and O–H groups in total. The van der Waals surface area contributed by atoms with Gasteiger partial charge in [-0.15, -0.1) is 0 Å². The van der Waals surface area contributed by atoms with Crippen LogP contribution in [0.2, 0.25) is 0 Å². The van der Waals surface area contributed by atoms with Crippen LogP contribution in [0.3, 0.4) is 0 Å². The second kappa shape index (κ2) is 11.4. The summed E-state index contributed by atoms with van der Waals surface area (Å²) in [6, 6.07) is 20.3. The van der Waals surface area contributed by atoms with Crippen molar-refractivity contribution < 1.29 is 14.3 Å². The number of amides is 2. The van der Waals surface area contributed by atoms with Crippen molar-refractivity contribution in [2.45, 2.75) is 51.4 Å². The third kappa shape index (κ3) is 7.02. The molecule has 1 aliphatic heterocycles. The van der Waals surface area contributed by atoms with Gasteiger partial charge in [0.1, 0.15) is 12.8 Å². The first-order valence-electron chi connectivity index (χ1n) is 10.5. The molecule has 0 saturated carbocycles. The number of hydrogen-bond donors (Lipinski definition) is 1. The Hall–Kier alpha value is -2.66. The van der Waals surface area contributed by atoms with Crippen molar-refractivity contribution in [1.29, 1.82) is 0 Å². The first-order chi connectivity index (χ1) is 14.2. The van der Waals surface area contributed by atoms with Gasteiger partial charge in [-0.1, -0.05) is 73.5 Å². The summed E-state index contributed by atoms with van der Waals surface area (Å²) in [6.07, 6.45) is 5.54. The predicted octanol–water partition coefficient (Wildman–Crippen LogP) is 3.68. The maximum Gasteiger partial charge on any atom is 0.239 e. The molecule has 0 aliphatic carbocycles. The number of ether oxygens (including phenoxy) is 1. The molecule has 2 aromatic carbocycles. The van der Waals surface area contributed by atoms with Gasteiger partial charge in [0.15, 0.2) is 0 Å². The highest BCUT2D eigenvalue weighted by atomic mass is 16.5. The minimum Gasteiger partial charge on any atom is -0.355 e. The minimum absolute atomic E-state index is 0.0286. The summed E-state index contributed by atoms with van der Waals surface area (Å²) in [7, 11) is 0. The highest BCUT2D eigenvalue weighted by molar-refractivity contribution is 5.88. The SMILES string of the molecule is O=C(CN1C(=O)CC1OCc1ccccc1)NCCCCCCc1ccccc1. The van der Waals surface area contributed by atoms with E-state index in [-0.39, 0.29) is 24.6 Å². The van der Waals surface area contributed by atoms with E-state index < -0.39 is 0 Å². The molecule has 0 spiro atoms. The number of β-lactam (4-membered cyclic amide) rings is 1. The number of likely N-dealkylation sites (tertiary alicyclic amines) is 1. The second-order valence-electron chi connectivity index (χ2n) is 7.48. The molecule has 3 rings (SSSR count). The van der Waals surface area contributed by atoms with E-state index in [1.54, 1.807) is 0 Å². The minimum atomic E-state index is -0.300. The molecule has 29 heavy (non-hydrogen) atoms. The van der Waals surface area contributed by atoms with Crippen LogP contribution in [0.4, 0.5) is 0 Å². The normalized spacial score (nSPS) is 15.8. The van der Waals surface area contributed by atoms with Gasteiger partial charge in [0.2, 0.25) is 11.8 Å². The molecule has 1 atom stereocenters. The molecule has 5 nitrogen and oxygen atoms in total. The van der Waals surface area contributed by atoms with E-state index >= 15 is 0 Å². The first-order valence-corrected chi connectivity index (χ1v) is 10.5. The molecule has 0 radical (unpaired) electrons. The summed E-state index contributed by atoms with van der Waals surface area (Å²) in [5.41, 5.74) is 2.44. The highest BCUT2D eigenvalue weighted by Gasteiger charge is 2.37. The maximum absolute atomic E-state index is 12.1. The number of unbranched alkanes of at least 4 members (excludes halogenated alkanes) is 3. The molecule has 5 heteroatoms. The summed E-state index contributed by atoms with van der Waals surface area (Å²) in [6.45, 7) is 1.17. The number of nitrogens with one attached hydrogen (secondary N) is 1. The van der Waals surface area contributed by atoms with Gasteiger partial charge in [0.05, 0.1) is 13.0 Å². The lowest BCUT2D eigenvalue weighted by Gasteiger charge is -2.39. The van der Waals surface area contributed by atoms with Crippen molar-refractivity contribution in [3.05, 3.63) is 71.8 Å². The van der Waals surface area contributed by atoms with Crippen molar-refractivity contribution in [3.63, 3.8) is 0 Å². The molecule has 1 unspecified atom stereocenters. The second-order valence-corrected chi connectivity index (χ2v) is 7.48. The van der Waals surface area contributed by atoms with Gasteiger partial charge < -0.3 is 15.0 Å². The maximum atomic E-state index is 12.1. The van der Waals surface area contributed by atoms with Crippen LogP contribution in [0, 0.1) is 0 Å². The van der Waals surface area contributed by atoms with E-state index in [9.17, 15) is 9.59 Å². The van der Waals surface area contributed by atoms with Crippen LogP contribution < -0.4 is 5.32 Å². The highest BCUT2D eigenvalue weighted by Crippen LogP contribution is 2.21. The molecule has 0 bridgehead atoms. The van der Waals surface area contributed by atoms with Crippen LogP contribution >= 0.6 is 0 Å². The van der Waals surface area contributed by atoms with E-state index in [4.69, 9.17) is 4.74 Å². The summed E-state index contributed by atoms with van der Waals surface area (Å²) >= 11 is 0. The molecule has 1 aliphatic rings. The number of nitrogens with zero attached hydrogens (tertiary/aromatic N) is 1. The summed E-state index contributed by atoms with van der Waals surface area (Å²) in [5, 5.41) is 2.92. The number of hydrogen-bond acceptors (Lipinski definition) is 3. The van der Waals surface area contributed by atoms with Gasteiger partial charge in [-0.2, -0.15) is 0 Å². The fourth-order valence-corrected chi connectivity index (χ4v) is 3.42. The Balaban J connectivity index is 1.24. The van der Waals surface area contributed by atoms with Crippen molar-refractivity contribution in [2.24, 2.45) is 0 Å². The molecule has 1 fully saturated rings. The molecule has 154 valence electrons. The summed E-state index contributed by atoms with van der Waals surface area (Å²) in [5.74, 6) is -0.144. The zero-order valence-corrected chi connectivity index (χ0v) is 16.9. The van der Waals surface area contributed by atoms with Crippen LogP contribution in [0.5, 0.6) is 0 Å². The molecule has 0 aromatic heterocycles. The number of carbonyl (C=O) groups is 2. The molecule has 1 saturated heterocycles. The predicted molar refractivity (Wildman–Crippen MR) is 113 cm³/mol. The zero-order chi connectivity index (χ0) is 20.3. The Labute approximate surface area is 173 Å². The molecule has 1 heterocycles. The Morgan fingerprint density at radius 2 is 1.59 bits per heavy atom. The lowest BCUT2D eigenvalue weighted by atomic mass is 10.1. The Morgan fingerprint density at radius 1 is 0.931 bits per heavy atom. The monoisotopic (exact) mass is 394 g/mol. The van der Waals surface area contributed by atoms with Crippen LogP contribution in [0.15, 0.2) is 60.7 Å². The summed E-state index contributed by atoms with van der Waals surface area (Å²) < 4.78 is 5.78. The lowest BCUT2D eigenvalue weighted by Crippen LogP contribution is -2.57. The third-order valence-electron chi connectivity index (χ3n) is 5.17. The average Bonchev–Trinajstić information content (AvgIpc) is 2.75. The van der Waals surface area contributed by atoms with Crippen LogP contribution in [-0.4, -0.2) is 36.0 Å². The number of benzene rings is 2. The van der Waals surface area contributed by atoms with Gasteiger partial charge in [-0.3, -0.25) is 9.59 Å². The number of carbonyl (C=O) groups excluding carboxylic acids is 2. The van der Waals surface area contributed by atoms with E-state index in [0.29, 0.717) is 19.6 Å². The van der Waals surface area contributed by atoms with Crippen LogP contribution in [-0.2, 0) is 27.4 Å². The Kier molecular flexibility index (Phi) is 8.25. The number of aryl methyl sites for hydroxylation is 1. The van der Waals surface area contributed by atoms with E-state index in [1.165, 1.54) is 16.9 Å². The largest absolute Gasteiger partial charge is 0.355 e. The fourth-order valence-electron chi connectivity index (χ4n) is 3.42. The standard InChI is InChI=1S/C24H30N2O3/c27-22(25-16-10-2-1-5-11-20-12-6-3-7-13-20)18-26-23(28)17-24(26)29-19-21-14-8-4-9-15-21/h3-4,6-9,12-15,24H,1-2,5,10-11,16-19H2,(H,25,27). The van der Waals surface area contributed by atoms with Crippen LogP contribution in [0.25, 0.3) is 0 Å². The van der Waals surface area contributed by atoms with Gasteiger partial charge >= 0.3 is 0 Å². The van der Waals surface area contributed by atoms with Crippen molar-refractivity contribution in [2.75, 3.05) is 13.1 Å².